The molecule has 0 aromatic carbocycles. The molecule has 2 atom stereocenters. The lowest BCUT2D eigenvalue weighted by atomic mass is 10.0. The molecule has 0 aromatic heterocycles. The van der Waals surface area contributed by atoms with Gasteiger partial charge in [-0.2, -0.15) is 0 Å². The number of hydrogen-bond donors (Lipinski definition) is 2. The van der Waals surface area contributed by atoms with Gasteiger partial charge in [-0.15, -0.1) is 0 Å². The minimum absolute atomic E-state index is 0.0235. The van der Waals surface area contributed by atoms with Crippen molar-refractivity contribution in [1.29, 1.82) is 0 Å². The number of rotatable bonds is 2. The maximum atomic E-state index is 12.1. The highest BCUT2D eigenvalue weighted by atomic mass is 16.4. The molecule has 5 nitrogen and oxygen atoms in total. The van der Waals surface area contributed by atoms with E-state index in [4.69, 9.17) is 5.11 Å². The monoisotopic (exact) mass is 226 g/mol. The number of nitrogens with one attached hydrogen (secondary N) is 1. The van der Waals surface area contributed by atoms with Crippen LogP contribution in [0, 0.1) is 0 Å². The summed E-state index contributed by atoms with van der Waals surface area (Å²) in [6, 6.07) is -0.759. The average molecular weight is 226 g/mol. The summed E-state index contributed by atoms with van der Waals surface area (Å²) in [6.45, 7) is 1.45. The summed E-state index contributed by atoms with van der Waals surface area (Å²) >= 11 is 0. The van der Waals surface area contributed by atoms with Crippen molar-refractivity contribution >= 4 is 11.9 Å². The van der Waals surface area contributed by atoms with E-state index in [1.54, 1.807) is 0 Å². The van der Waals surface area contributed by atoms with Gasteiger partial charge in [0, 0.05) is 6.54 Å². The molecular weight excluding hydrogens is 208 g/mol. The maximum absolute atomic E-state index is 12.1. The van der Waals surface area contributed by atoms with Gasteiger partial charge in [0.2, 0.25) is 5.91 Å². The molecule has 2 aliphatic rings. The number of carboxylic acid groups (broad SMARTS) is 1. The van der Waals surface area contributed by atoms with Crippen LogP contribution in [0.4, 0.5) is 0 Å². The molecule has 5 heteroatoms. The van der Waals surface area contributed by atoms with Crippen molar-refractivity contribution in [2.24, 2.45) is 0 Å². The van der Waals surface area contributed by atoms with Gasteiger partial charge >= 0.3 is 5.97 Å². The Hall–Kier alpha value is -1.10. The first-order chi connectivity index (χ1) is 7.70. The summed E-state index contributed by atoms with van der Waals surface area (Å²) in [6.07, 6.45) is 4.38. The number of carboxylic acids is 1. The van der Waals surface area contributed by atoms with Gasteiger partial charge in [0.05, 0.1) is 6.04 Å². The molecule has 1 amide bonds. The van der Waals surface area contributed by atoms with Crippen LogP contribution in [0.25, 0.3) is 0 Å². The third kappa shape index (κ3) is 2.19. The summed E-state index contributed by atoms with van der Waals surface area (Å²) in [4.78, 5) is 24.6. The zero-order valence-electron chi connectivity index (χ0n) is 9.32. The van der Waals surface area contributed by atoms with Crippen LogP contribution >= 0.6 is 0 Å². The largest absolute Gasteiger partial charge is 0.480 e. The summed E-state index contributed by atoms with van der Waals surface area (Å²) in [5.41, 5.74) is 0. The molecular formula is C11H18N2O3. The van der Waals surface area contributed by atoms with Crippen molar-refractivity contribution in [3.05, 3.63) is 0 Å². The fourth-order valence-electron chi connectivity index (χ4n) is 2.55. The van der Waals surface area contributed by atoms with E-state index < -0.39 is 12.0 Å². The van der Waals surface area contributed by atoms with E-state index in [0.717, 1.165) is 32.2 Å². The van der Waals surface area contributed by atoms with Gasteiger partial charge < -0.3 is 15.3 Å². The van der Waals surface area contributed by atoms with Crippen LogP contribution in [-0.2, 0) is 9.59 Å². The summed E-state index contributed by atoms with van der Waals surface area (Å²) < 4.78 is 0. The highest BCUT2D eigenvalue weighted by Gasteiger charge is 2.37. The highest BCUT2D eigenvalue weighted by Crippen LogP contribution is 2.20. The standard InChI is InChI=1S/C11H18N2O3/c14-10(8-4-1-2-6-12-8)13-7-3-5-9(13)11(15)16/h8-9,12H,1-7H2,(H,15,16)/t8?,9-/m1/s1. The Morgan fingerprint density at radius 2 is 2.00 bits per heavy atom. The van der Waals surface area contributed by atoms with E-state index >= 15 is 0 Å². The molecule has 1 unspecified atom stereocenters. The second-order valence-corrected chi connectivity index (χ2v) is 4.53. The minimum atomic E-state index is -0.873. The van der Waals surface area contributed by atoms with E-state index in [-0.39, 0.29) is 11.9 Å². The van der Waals surface area contributed by atoms with Gasteiger partial charge in [0.15, 0.2) is 0 Å². The summed E-state index contributed by atoms with van der Waals surface area (Å²) in [5.74, 6) is -0.897. The number of nitrogens with zero attached hydrogens (tertiary/aromatic N) is 1. The molecule has 0 aromatic rings. The van der Waals surface area contributed by atoms with Crippen molar-refractivity contribution in [3.8, 4) is 0 Å². The SMILES string of the molecule is O=C(O)[C@H]1CCCN1C(=O)C1CCCCN1. The van der Waals surface area contributed by atoms with Gasteiger partial charge in [0.1, 0.15) is 6.04 Å². The lowest BCUT2D eigenvalue weighted by Crippen LogP contribution is -2.51. The molecule has 90 valence electrons. The fraction of sp³-hybridized carbons (Fsp3) is 0.818. The molecule has 2 fully saturated rings. The van der Waals surface area contributed by atoms with E-state index in [1.165, 1.54) is 4.90 Å². The molecule has 2 saturated heterocycles. The number of carbonyl (C=O) groups is 2. The molecule has 2 heterocycles. The van der Waals surface area contributed by atoms with Gasteiger partial charge in [-0.3, -0.25) is 4.79 Å². The Morgan fingerprint density at radius 1 is 1.19 bits per heavy atom. The molecule has 0 aliphatic carbocycles. The van der Waals surface area contributed by atoms with Crippen molar-refractivity contribution in [2.45, 2.75) is 44.2 Å². The summed E-state index contributed by atoms with van der Waals surface area (Å²) in [5, 5.41) is 12.2. The third-order valence-electron chi connectivity index (χ3n) is 3.43. The Morgan fingerprint density at radius 3 is 2.62 bits per heavy atom. The van der Waals surface area contributed by atoms with E-state index in [9.17, 15) is 9.59 Å². The third-order valence-corrected chi connectivity index (χ3v) is 3.43. The van der Waals surface area contributed by atoms with Crippen molar-refractivity contribution in [1.82, 2.24) is 10.2 Å². The quantitative estimate of drug-likeness (QED) is 0.706. The van der Waals surface area contributed by atoms with Crippen LogP contribution in [0.2, 0.25) is 0 Å². The Bertz CT molecular complexity index is 287. The first kappa shape index (κ1) is 11.4. The molecule has 0 radical (unpaired) electrons. The van der Waals surface area contributed by atoms with Gasteiger partial charge in [0.25, 0.3) is 0 Å². The first-order valence-corrected chi connectivity index (χ1v) is 5.97. The molecule has 2 aliphatic heterocycles. The number of likely N-dealkylation sites (tertiary alicyclic amines) is 1. The number of amides is 1. The zero-order valence-corrected chi connectivity index (χ0v) is 9.32. The fourth-order valence-corrected chi connectivity index (χ4v) is 2.55. The minimum Gasteiger partial charge on any atom is -0.480 e. The van der Waals surface area contributed by atoms with Crippen LogP contribution in [-0.4, -0.2) is 47.1 Å². The van der Waals surface area contributed by atoms with Gasteiger partial charge in [-0.05, 0) is 32.2 Å². The van der Waals surface area contributed by atoms with Crippen molar-refractivity contribution in [3.63, 3.8) is 0 Å². The lowest BCUT2D eigenvalue weighted by Gasteiger charge is -2.29. The van der Waals surface area contributed by atoms with Crippen LogP contribution in [0.1, 0.15) is 32.1 Å². The predicted octanol–water partition coefficient (Wildman–Crippen LogP) is 0.204. The topological polar surface area (TPSA) is 69.6 Å². The van der Waals surface area contributed by atoms with Crippen LogP contribution in [0.15, 0.2) is 0 Å². The second kappa shape index (κ2) is 4.82. The maximum Gasteiger partial charge on any atom is 0.326 e. The number of carbonyl (C=O) groups excluding carboxylic acids is 1. The normalized spacial score (nSPS) is 30.4. The summed E-state index contributed by atoms with van der Waals surface area (Å²) in [7, 11) is 0. The molecule has 16 heavy (non-hydrogen) atoms. The number of aliphatic carboxylic acids is 1. The Labute approximate surface area is 94.8 Å². The predicted molar refractivity (Wildman–Crippen MR) is 58.0 cm³/mol. The van der Waals surface area contributed by atoms with Gasteiger partial charge in [-0.25, -0.2) is 4.79 Å². The second-order valence-electron chi connectivity index (χ2n) is 4.53. The van der Waals surface area contributed by atoms with E-state index in [0.29, 0.717) is 13.0 Å². The molecule has 2 rings (SSSR count). The number of piperidine rings is 1. The Kier molecular flexibility index (Phi) is 3.43. The lowest BCUT2D eigenvalue weighted by molar-refractivity contribution is -0.149. The number of hydrogen-bond acceptors (Lipinski definition) is 3. The molecule has 0 spiro atoms. The van der Waals surface area contributed by atoms with Crippen LogP contribution in [0.3, 0.4) is 0 Å². The van der Waals surface area contributed by atoms with Crippen molar-refractivity contribution in [2.75, 3.05) is 13.1 Å². The molecule has 2 N–H and O–H groups in total. The first-order valence-electron chi connectivity index (χ1n) is 5.97. The molecule has 0 saturated carbocycles. The van der Waals surface area contributed by atoms with Crippen molar-refractivity contribution < 1.29 is 14.7 Å². The molecule has 0 bridgehead atoms. The van der Waals surface area contributed by atoms with E-state index in [1.807, 2.05) is 0 Å². The zero-order chi connectivity index (χ0) is 11.5. The van der Waals surface area contributed by atoms with Gasteiger partial charge in [-0.1, -0.05) is 6.42 Å². The Balaban J connectivity index is 1.99. The highest BCUT2D eigenvalue weighted by molar-refractivity contribution is 5.87. The van der Waals surface area contributed by atoms with Crippen LogP contribution < -0.4 is 5.32 Å². The van der Waals surface area contributed by atoms with E-state index in [2.05, 4.69) is 5.32 Å². The van der Waals surface area contributed by atoms with Crippen LogP contribution in [0.5, 0.6) is 0 Å². The average Bonchev–Trinajstić information content (AvgIpc) is 2.78. The smallest absolute Gasteiger partial charge is 0.326 e.